The van der Waals surface area contributed by atoms with Gasteiger partial charge < -0.3 is 19.1 Å². The number of fused-ring (bicyclic) bond motifs is 3. The van der Waals surface area contributed by atoms with E-state index >= 15 is 0 Å². The highest BCUT2D eigenvalue weighted by Gasteiger charge is 2.24. The molecule has 0 amide bonds. The second-order valence-corrected chi connectivity index (χ2v) is 6.32. The number of aromatic hydroxyl groups is 1. The lowest BCUT2D eigenvalue weighted by Crippen LogP contribution is -2.04. The summed E-state index contributed by atoms with van der Waals surface area (Å²) in [5.41, 5.74) is 2.94. The summed E-state index contributed by atoms with van der Waals surface area (Å²) >= 11 is 0. The number of esters is 1. The second kappa shape index (κ2) is 6.36. The monoisotopic (exact) mass is 361 g/mol. The smallest absolute Gasteiger partial charge is 0.340 e. The lowest BCUT2D eigenvalue weighted by Gasteiger charge is -2.12. The van der Waals surface area contributed by atoms with Crippen LogP contribution in [0.3, 0.4) is 0 Å². The van der Waals surface area contributed by atoms with E-state index in [9.17, 15) is 9.90 Å². The van der Waals surface area contributed by atoms with E-state index in [-0.39, 0.29) is 5.75 Å². The Labute approximate surface area is 156 Å². The maximum Gasteiger partial charge on any atom is 0.340 e. The number of carbonyl (C=O) groups is 1. The Hall–Kier alpha value is -3.47. The summed E-state index contributed by atoms with van der Waals surface area (Å²) in [7, 11) is 2.98. The summed E-state index contributed by atoms with van der Waals surface area (Å²) in [6, 6.07) is 16.9. The number of nitrogens with zero attached hydrogens (tertiary/aromatic N) is 1. The van der Waals surface area contributed by atoms with Gasteiger partial charge in [0.25, 0.3) is 0 Å². The molecule has 136 valence electrons. The standard InChI is InChI=1S/C22H19NO4/c1-13-20(22(25)27-3)18-12-19(24)16-6-4-5-7-17(16)21(18)23(13)14-8-10-15(26-2)11-9-14/h4-12,24H,1-3H3. The summed E-state index contributed by atoms with van der Waals surface area (Å²) in [6.07, 6.45) is 0. The molecule has 0 atom stereocenters. The highest BCUT2D eigenvalue weighted by molar-refractivity contribution is 6.16. The number of hydrogen-bond donors (Lipinski definition) is 1. The highest BCUT2D eigenvalue weighted by Crippen LogP contribution is 2.39. The zero-order valence-electron chi connectivity index (χ0n) is 15.3. The Morgan fingerprint density at radius 1 is 0.963 bits per heavy atom. The van der Waals surface area contributed by atoms with E-state index in [1.165, 1.54) is 7.11 Å². The van der Waals surface area contributed by atoms with Crippen molar-refractivity contribution in [3.05, 3.63) is 65.9 Å². The van der Waals surface area contributed by atoms with Gasteiger partial charge in [-0.25, -0.2) is 4.79 Å². The Bertz CT molecular complexity index is 1170. The molecule has 0 unspecified atom stereocenters. The molecule has 0 saturated carbocycles. The minimum Gasteiger partial charge on any atom is -0.507 e. The fourth-order valence-electron chi connectivity index (χ4n) is 3.66. The van der Waals surface area contributed by atoms with Crippen molar-refractivity contribution in [2.24, 2.45) is 0 Å². The van der Waals surface area contributed by atoms with Gasteiger partial charge in [-0.1, -0.05) is 24.3 Å². The number of carbonyl (C=O) groups excluding carboxylic acids is 1. The Kier molecular flexibility index (Phi) is 4.00. The quantitative estimate of drug-likeness (QED) is 0.542. The summed E-state index contributed by atoms with van der Waals surface area (Å²) in [5.74, 6) is 0.457. The molecule has 3 aromatic carbocycles. The topological polar surface area (TPSA) is 60.7 Å². The van der Waals surface area contributed by atoms with Crippen LogP contribution >= 0.6 is 0 Å². The number of hydrogen-bond acceptors (Lipinski definition) is 4. The van der Waals surface area contributed by atoms with Crippen LogP contribution in [0.4, 0.5) is 0 Å². The van der Waals surface area contributed by atoms with Gasteiger partial charge in [-0.05, 0) is 37.3 Å². The molecular weight excluding hydrogens is 342 g/mol. The Morgan fingerprint density at radius 2 is 1.63 bits per heavy atom. The van der Waals surface area contributed by atoms with Gasteiger partial charge in [0.05, 0.1) is 25.3 Å². The lowest BCUT2D eigenvalue weighted by atomic mass is 10.0. The summed E-state index contributed by atoms with van der Waals surface area (Å²) in [5, 5.41) is 12.8. The van der Waals surface area contributed by atoms with E-state index in [1.54, 1.807) is 13.2 Å². The van der Waals surface area contributed by atoms with E-state index in [1.807, 2.05) is 60.0 Å². The van der Waals surface area contributed by atoms with E-state index in [0.717, 1.165) is 33.4 Å². The van der Waals surface area contributed by atoms with E-state index in [2.05, 4.69) is 0 Å². The van der Waals surface area contributed by atoms with Crippen molar-refractivity contribution in [1.82, 2.24) is 4.57 Å². The Balaban J connectivity index is 2.18. The van der Waals surface area contributed by atoms with Crippen LogP contribution in [-0.4, -0.2) is 29.9 Å². The Morgan fingerprint density at radius 3 is 2.26 bits per heavy atom. The average molecular weight is 361 g/mol. The number of ether oxygens (including phenoxy) is 2. The molecule has 5 heteroatoms. The molecule has 0 aliphatic carbocycles. The normalized spacial score (nSPS) is 11.1. The fraction of sp³-hybridized carbons (Fsp3) is 0.136. The van der Waals surface area contributed by atoms with Crippen LogP contribution in [0.2, 0.25) is 0 Å². The largest absolute Gasteiger partial charge is 0.507 e. The molecule has 0 fully saturated rings. The predicted octanol–water partition coefficient (Wildman–Crippen LogP) is 4.59. The van der Waals surface area contributed by atoms with Gasteiger partial charge >= 0.3 is 5.97 Å². The molecule has 5 nitrogen and oxygen atoms in total. The maximum atomic E-state index is 12.5. The van der Waals surface area contributed by atoms with Crippen molar-refractivity contribution in [3.8, 4) is 17.2 Å². The molecule has 1 aromatic heterocycles. The van der Waals surface area contributed by atoms with Crippen molar-refractivity contribution in [2.45, 2.75) is 6.92 Å². The van der Waals surface area contributed by atoms with Crippen molar-refractivity contribution in [1.29, 1.82) is 0 Å². The molecule has 0 bridgehead atoms. The SMILES string of the molecule is COC(=O)c1c(C)n(-c2ccc(OC)cc2)c2c1cc(O)c1ccccc12. The third kappa shape index (κ3) is 2.51. The molecule has 0 aliphatic heterocycles. The van der Waals surface area contributed by atoms with Crippen LogP contribution in [0, 0.1) is 6.92 Å². The first kappa shape index (κ1) is 17.0. The third-order valence-electron chi connectivity index (χ3n) is 4.90. The second-order valence-electron chi connectivity index (χ2n) is 6.32. The summed E-state index contributed by atoms with van der Waals surface area (Å²) in [4.78, 5) is 12.5. The molecular formula is C22H19NO4. The minimum absolute atomic E-state index is 0.134. The van der Waals surface area contributed by atoms with Gasteiger partial charge in [-0.15, -0.1) is 0 Å². The van der Waals surface area contributed by atoms with Gasteiger partial charge in [-0.3, -0.25) is 0 Å². The molecule has 1 N–H and O–H groups in total. The number of rotatable bonds is 3. The van der Waals surface area contributed by atoms with Gasteiger partial charge in [0.15, 0.2) is 0 Å². The third-order valence-corrected chi connectivity index (χ3v) is 4.90. The van der Waals surface area contributed by atoms with Crippen LogP contribution in [0.15, 0.2) is 54.6 Å². The van der Waals surface area contributed by atoms with E-state index < -0.39 is 5.97 Å². The van der Waals surface area contributed by atoms with Gasteiger partial charge in [-0.2, -0.15) is 0 Å². The number of benzene rings is 3. The number of methoxy groups -OCH3 is 2. The molecule has 27 heavy (non-hydrogen) atoms. The van der Waals surface area contributed by atoms with Crippen molar-refractivity contribution >= 4 is 27.6 Å². The van der Waals surface area contributed by atoms with Gasteiger partial charge in [0.2, 0.25) is 0 Å². The maximum absolute atomic E-state index is 12.5. The highest BCUT2D eigenvalue weighted by atomic mass is 16.5. The molecule has 0 aliphatic rings. The van der Waals surface area contributed by atoms with Crippen LogP contribution in [0.5, 0.6) is 11.5 Å². The van der Waals surface area contributed by atoms with Crippen LogP contribution in [-0.2, 0) is 4.74 Å². The molecule has 0 spiro atoms. The van der Waals surface area contributed by atoms with Gasteiger partial charge in [0.1, 0.15) is 11.5 Å². The average Bonchev–Trinajstić information content (AvgIpc) is 2.99. The predicted molar refractivity (Wildman–Crippen MR) is 105 cm³/mol. The van der Waals surface area contributed by atoms with Crippen molar-refractivity contribution in [2.75, 3.05) is 14.2 Å². The number of phenolic OH excluding ortho intramolecular Hbond substituents is 1. The molecule has 1 heterocycles. The van der Waals surface area contributed by atoms with Crippen LogP contribution < -0.4 is 4.74 Å². The molecule has 4 rings (SSSR count). The van der Waals surface area contributed by atoms with E-state index in [4.69, 9.17) is 9.47 Å². The van der Waals surface area contributed by atoms with Crippen molar-refractivity contribution in [3.63, 3.8) is 0 Å². The van der Waals surface area contributed by atoms with Crippen LogP contribution in [0.25, 0.3) is 27.4 Å². The first-order chi connectivity index (χ1) is 13.1. The minimum atomic E-state index is -0.431. The first-order valence-electron chi connectivity index (χ1n) is 8.55. The van der Waals surface area contributed by atoms with E-state index in [0.29, 0.717) is 10.9 Å². The van der Waals surface area contributed by atoms with Crippen LogP contribution in [0.1, 0.15) is 16.1 Å². The fourth-order valence-corrected chi connectivity index (χ4v) is 3.66. The molecule has 4 aromatic rings. The zero-order chi connectivity index (χ0) is 19.1. The lowest BCUT2D eigenvalue weighted by molar-refractivity contribution is 0.0602. The first-order valence-corrected chi connectivity index (χ1v) is 8.55. The van der Waals surface area contributed by atoms with Gasteiger partial charge in [0, 0.05) is 27.5 Å². The summed E-state index contributed by atoms with van der Waals surface area (Å²) < 4.78 is 12.3. The van der Waals surface area contributed by atoms with Crippen molar-refractivity contribution < 1.29 is 19.4 Å². The molecule has 0 radical (unpaired) electrons. The number of phenols is 1. The number of aromatic nitrogens is 1. The summed E-state index contributed by atoms with van der Waals surface area (Å²) in [6.45, 7) is 1.88. The zero-order valence-corrected chi connectivity index (χ0v) is 15.3. The molecule has 0 saturated heterocycles.